The molecule has 2 aromatic rings. The molecule has 1 saturated carbocycles. The summed E-state index contributed by atoms with van der Waals surface area (Å²) in [6, 6.07) is 9.94. The highest BCUT2D eigenvalue weighted by Gasteiger charge is 2.46. The summed E-state index contributed by atoms with van der Waals surface area (Å²) in [5.41, 5.74) is 0.965. The summed E-state index contributed by atoms with van der Waals surface area (Å²) in [5, 5.41) is 8.00. The highest BCUT2D eigenvalue weighted by Crippen LogP contribution is 2.46. The SMILES string of the molecule is NS(=O)(=O)c1ccc(/N=C2\S/C(=C3\C(=O)Nc4c(F)cccc43)C(=O)N2C2CC2)cc1. The van der Waals surface area contributed by atoms with Gasteiger partial charge in [-0.1, -0.05) is 12.1 Å². The van der Waals surface area contributed by atoms with Crippen LogP contribution in [0.25, 0.3) is 5.57 Å². The van der Waals surface area contributed by atoms with Crippen LogP contribution < -0.4 is 10.5 Å². The molecule has 1 aliphatic carbocycles. The minimum atomic E-state index is -3.83. The summed E-state index contributed by atoms with van der Waals surface area (Å²) < 4.78 is 37.0. The van der Waals surface area contributed by atoms with Gasteiger partial charge in [0.2, 0.25) is 10.0 Å². The maximum Gasteiger partial charge on any atom is 0.267 e. The number of sulfonamides is 1. The standard InChI is InChI=1S/C20H15FN4O4S2/c21-14-3-1-2-13-15(18(26)24-16(13)14)17-19(27)25(11-6-7-11)20(30-17)23-10-4-8-12(9-5-10)31(22,28)29/h1-5,8-9,11H,6-7H2,(H,24,26)(H2,22,28,29)/b17-15-,23-20-. The van der Waals surface area contributed by atoms with Crippen molar-refractivity contribution in [2.24, 2.45) is 10.1 Å². The number of nitrogens with zero attached hydrogens (tertiary/aromatic N) is 2. The van der Waals surface area contributed by atoms with E-state index in [1.54, 1.807) is 11.0 Å². The largest absolute Gasteiger partial charge is 0.319 e. The molecule has 8 nitrogen and oxygen atoms in total. The van der Waals surface area contributed by atoms with E-state index >= 15 is 0 Å². The van der Waals surface area contributed by atoms with E-state index in [0.717, 1.165) is 24.6 Å². The van der Waals surface area contributed by atoms with Crippen molar-refractivity contribution in [2.75, 3.05) is 5.32 Å². The fourth-order valence-corrected chi connectivity index (χ4v) is 5.14. The number of rotatable bonds is 3. The van der Waals surface area contributed by atoms with Crippen LogP contribution in [-0.4, -0.2) is 36.3 Å². The summed E-state index contributed by atoms with van der Waals surface area (Å²) in [7, 11) is -3.83. The van der Waals surface area contributed by atoms with Gasteiger partial charge in [0.25, 0.3) is 11.8 Å². The van der Waals surface area contributed by atoms with Crippen LogP contribution in [0.4, 0.5) is 15.8 Å². The molecule has 0 atom stereocenters. The molecular weight excluding hydrogens is 443 g/mol. The molecule has 11 heteroatoms. The predicted octanol–water partition coefficient (Wildman–Crippen LogP) is 2.56. The number of carbonyl (C=O) groups is 2. The lowest BCUT2D eigenvalue weighted by atomic mass is 10.1. The van der Waals surface area contributed by atoms with Crippen LogP contribution in [0.15, 0.2) is 57.3 Å². The van der Waals surface area contributed by atoms with Gasteiger partial charge in [-0.05, 0) is 54.9 Å². The zero-order valence-electron chi connectivity index (χ0n) is 15.8. The van der Waals surface area contributed by atoms with Crippen molar-refractivity contribution in [3.05, 3.63) is 58.8 Å². The van der Waals surface area contributed by atoms with E-state index in [2.05, 4.69) is 10.3 Å². The zero-order chi connectivity index (χ0) is 21.9. The minimum absolute atomic E-state index is 0.0167. The number of hydrogen-bond donors (Lipinski definition) is 2. The number of aliphatic imine (C=N–C) groups is 1. The number of hydrogen-bond acceptors (Lipinski definition) is 6. The lowest BCUT2D eigenvalue weighted by Gasteiger charge is -2.14. The van der Waals surface area contributed by atoms with Crippen molar-refractivity contribution < 1.29 is 22.4 Å². The van der Waals surface area contributed by atoms with E-state index in [9.17, 15) is 22.4 Å². The zero-order valence-corrected chi connectivity index (χ0v) is 17.5. The number of nitrogens with two attached hydrogens (primary N) is 1. The van der Waals surface area contributed by atoms with E-state index < -0.39 is 21.7 Å². The number of fused-ring (bicyclic) bond motifs is 1. The molecule has 0 spiro atoms. The van der Waals surface area contributed by atoms with Crippen LogP contribution in [0, 0.1) is 5.82 Å². The molecule has 2 heterocycles. The number of thioether (sulfide) groups is 1. The first-order chi connectivity index (χ1) is 14.7. The molecule has 0 radical (unpaired) electrons. The van der Waals surface area contributed by atoms with Crippen LogP contribution in [0.3, 0.4) is 0 Å². The summed E-state index contributed by atoms with van der Waals surface area (Å²) in [6.07, 6.45) is 1.63. The second kappa shape index (κ2) is 7.01. The van der Waals surface area contributed by atoms with Gasteiger partial charge in [0.1, 0.15) is 5.82 Å². The molecule has 0 unspecified atom stereocenters. The number of anilines is 1. The molecular formula is C20H15FN4O4S2. The molecule has 31 heavy (non-hydrogen) atoms. The normalized spacial score (nSPS) is 22.3. The molecule has 2 aromatic carbocycles. The quantitative estimate of drug-likeness (QED) is 0.685. The highest BCUT2D eigenvalue weighted by molar-refractivity contribution is 8.18. The van der Waals surface area contributed by atoms with Gasteiger partial charge in [0.05, 0.1) is 26.7 Å². The van der Waals surface area contributed by atoms with Crippen LogP contribution in [0.5, 0.6) is 0 Å². The third-order valence-corrected chi connectivity index (χ3v) is 7.07. The minimum Gasteiger partial charge on any atom is -0.319 e. The Kier molecular flexibility index (Phi) is 4.50. The van der Waals surface area contributed by atoms with Gasteiger partial charge in [-0.2, -0.15) is 0 Å². The average molecular weight is 458 g/mol. The summed E-state index contributed by atoms with van der Waals surface area (Å²) in [6.45, 7) is 0. The van der Waals surface area contributed by atoms with Gasteiger partial charge in [-0.15, -0.1) is 0 Å². The molecule has 2 aliphatic heterocycles. The molecule has 0 bridgehead atoms. The van der Waals surface area contributed by atoms with E-state index in [1.807, 2.05) is 0 Å². The Labute approximate surface area is 181 Å². The Bertz CT molecular complexity index is 1320. The molecule has 3 aliphatic rings. The van der Waals surface area contributed by atoms with Gasteiger partial charge in [-0.3, -0.25) is 14.5 Å². The monoisotopic (exact) mass is 458 g/mol. The fraction of sp³-hybridized carbons (Fsp3) is 0.150. The Morgan fingerprint density at radius 1 is 1.13 bits per heavy atom. The van der Waals surface area contributed by atoms with Crippen molar-refractivity contribution in [1.82, 2.24) is 4.90 Å². The number of halogens is 1. The lowest BCUT2D eigenvalue weighted by molar-refractivity contribution is -0.122. The summed E-state index contributed by atoms with van der Waals surface area (Å²) in [4.78, 5) is 32.0. The average Bonchev–Trinajstić information content (AvgIpc) is 3.41. The van der Waals surface area contributed by atoms with Crippen molar-refractivity contribution in [3.63, 3.8) is 0 Å². The molecule has 158 valence electrons. The molecule has 5 rings (SSSR count). The number of nitrogens with one attached hydrogen (secondary N) is 1. The number of para-hydroxylation sites is 1. The van der Waals surface area contributed by atoms with Crippen molar-refractivity contribution >= 4 is 55.7 Å². The Hall–Kier alpha value is -3.02. The van der Waals surface area contributed by atoms with E-state index in [4.69, 9.17) is 5.14 Å². The fourth-order valence-electron chi connectivity index (χ4n) is 3.47. The molecule has 3 N–H and O–H groups in total. The second-order valence-electron chi connectivity index (χ2n) is 7.26. The summed E-state index contributed by atoms with van der Waals surface area (Å²) >= 11 is 1.05. The maximum atomic E-state index is 14.1. The first-order valence-corrected chi connectivity index (χ1v) is 11.7. The van der Waals surface area contributed by atoms with Crippen LogP contribution in [0.2, 0.25) is 0 Å². The van der Waals surface area contributed by atoms with Crippen LogP contribution >= 0.6 is 11.8 Å². The Morgan fingerprint density at radius 3 is 2.48 bits per heavy atom. The first-order valence-electron chi connectivity index (χ1n) is 9.31. The van der Waals surface area contributed by atoms with Crippen LogP contribution in [0.1, 0.15) is 18.4 Å². The first kappa shape index (κ1) is 19.9. The van der Waals surface area contributed by atoms with Crippen molar-refractivity contribution in [1.29, 1.82) is 0 Å². The van der Waals surface area contributed by atoms with Gasteiger partial charge >= 0.3 is 0 Å². The maximum absolute atomic E-state index is 14.1. The van der Waals surface area contributed by atoms with Gasteiger partial charge in [0.15, 0.2) is 5.17 Å². The number of primary sulfonamides is 1. The molecule has 0 aromatic heterocycles. The smallest absolute Gasteiger partial charge is 0.267 e. The predicted molar refractivity (Wildman–Crippen MR) is 114 cm³/mol. The van der Waals surface area contributed by atoms with Gasteiger partial charge in [0, 0.05) is 11.6 Å². The number of carbonyl (C=O) groups excluding carboxylic acids is 2. The molecule has 1 saturated heterocycles. The Morgan fingerprint density at radius 2 is 1.84 bits per heavy atom. The highest BCUT2D eigenvalue weighted by atomic mass is 32.2. The van der Waals surface area contributed by atoms with Gasteiger partial charge in [-0.25, -0.2) is 22.9 Å². The van der Waals surface area contributed by atoms with Crippen LogP contribution in [-0.2, 0) is 19.6 Å². The topological polar surface area (TPSA) is 122 Å². The van der Waals surface area contributed by atoms with Crippen molar-refractivity contribution in [3.8, 4) is 0 Å². The third-order valence-electron chi connectivity index (χ3n) is 5.09. The number of benzene rings is 2. The number of amides is 2. The van der Waals surface area contributed by atoms with E-state index in [-0.39, 0.29) is 33.0 Å². The van der Waals surface area contributed by atoms with Crippen molar-refractivity contribution in [2.45, 2.75) is 23.8 Å². The molecule has 2 amide bonds. The summed E-state index contributed by atoms with van der Waals surface area (Å²) in [5.74, 6) is -1.46. The van der Waals surface area contributed by atoms with E-state index in [0.29, 0.717) is 16.4 Å². The molecule has 2 fully saturated rings. The lowest BCUT2D eigenvalue weighted by Crippen LogP contribution is -2.31. The Balaban J connectivity index is 1.58. The van der Waals surface area contributed by atoms with E-state index in [1.165, 1.54) is 36.4 Å². The number of amidine groups is 1. The van der Waals surface area contributed by atoms with Gasteiger partial charge < -0.3 is 5.32 Å². The second-order valence-corrected chi connectivity index (χ2v) is 9.80. The third kappa shape index (κ3) is 3.44.